The smallest absolute Gasteiger partial charge is 0.251 e. The fraction of sp³-hybridized carbons (Fsp3) is 0.538. The fourth-order valence-electron chi connectivity index (χ4n) is 1.53. The lowest BCUT2D eigenvalue weighted by Gasteiger charge is -2.13. The molecule has 1 rings (SSSR count). The molecule has 0 saturated heterocycles. The van der Waals surface area contributed by atoms with Gasteiger partial charge in [-0.15, -0.1) is 0 Å². The molecular formula is C13H21N3O3. The van der Waals surface area contributed by atoms with E-state index < -0.39 is 6.10 Å². The lowest BCUT2D eigenvalue weighted by atomic mass is 10.2. The number of methoxy groups -OCH3 is 1. The number of aliphatic hydroxyl groups excluding tert-OH is 1. The predicted molar refractivity (Wildman–Crippen MR) is 73.4 cm³/mol. The monoisotopic (exact) mass is 267 g/mol. The van der Waals surface area contributed by atoms with Crippen LogP contribution in [-0.2, 0) is 4.74 Å². The van der Waals surface area contributed by atoms with Crippen LogP contribution < -0.4 is 10.2 Å². The Labute approximate surface area is 113 Å². The topological polar surface area (TPSA) is 74.7 Å². The van der Waals surface area contributed by atoms with Gasteiger partial charge in [0.15, 0.2) is 0 Å². The highest BCUT2D eigenvalue weighted by Crippen LogP contribution is 2.09. The lowest BCUT2D eigenvalue weighted by molar-refractivity contribution is 0.0587. The average molecular weight is 267 g/mol. The zero-order valence-corrected chi connectivity index (χ0v) is 11.6. The first-order chi connectivity index (χ1) is 9.04. The van der Waals surface area contributed by atoms with Crippen LogP contribution >= 0.6 is 0 Å². The predicted octanol–water partition coefficient (Wildman–Crippen LogP) is 0.275. The molecule has 1 atom stereocenters. The molecule has 1 heterocycles. The maximum Gasteiger partial charge on any atom is 0.251 e. The summed E-state index contributed by atoms with van der Waals surface area (Å²) in [5.74, 6) is 0.558. The van der Waals surface area contributed by atoms with Crippen molar-refractivity contribution in [2.75, 3.05) is 39.3 Å². The maximum atomic E-state index is 11.9. The zero-order chi connectivity index (χ0) is 14.3. The lowest BCUT2D eigenvalue weighted by Crippen LogP contribution is -2.28. The van der Waals surface area contributed by atoms with E-state index in [1.54, 1.807) is 18.3 Å². The second-order valence-electron chi connectivity index (χ2n) is 4.45. The third-order valence-corrected chi connectivity index (χ3v) is 2.59. The van der Waals surface area contributed by atoms with E-state index in [9.17, 15) is 9.90 Å². The Hall–Kier alpha value is -1.66. The maximum absolute atomic E-state index is 11.9. The van der Waals surface area contributed by atoms with Crippen molar-refractivity contribution >= 4 is 11.7 Å². The van der Waals surface area contributed by atoms with E-state index in [1.807, 2.05) is 19.0 Å². The van der Waals surface area contributed by atoms with Gasteiger partial charge in [0.1, 0.15) is 5.82 Å². The summed E-state index contributed by atoms with van der Waals surface area (Å²) in [6, 6.07) is 3.38. The summed E-state index contributed by atoms with van der Waals surface area (Å²) >= 11 is 0. The number of ether oxygens (including phenoxy) is 1. The number of pyridine rings is 1. The number of nitrogens with one attached hydrogen (secondary N) is 1. The van der Waals surface area contributed by atoms with Crippen LogP contribution in [0.1, 0.15) is 16.8 Å². The Kier molecular flexibility index (Phi) is 6.24. The molecule has 0 bridgehead atoms. The van der Waals surface area contributed by atoms with Gasteiger partial charge in [-0.3, -0.25) is 4.79 Å². The van der Waals surface area contributed by atoms with Gasteiger partial charge in [0.25, 0.3) is 5.91 Å². The normalized spacial score (nSPS) is 12.0. The molecule has 6 nitrogen and oxygen atoms in total. The number of carbonyl (C=O) groups is 1. The van der Waals surface area contributed by atoms with Crippen LogP contribution in [-0.4, -0.2) is 56.5 Å². The highest BCUT2D eigenvalue weighted by molar-refractivity contribution is 5.94. The molecule has 1 aromatic heterocycles. The quantitative estimate of drug-likeness (QED) is 0.742. The Morgan fingerprint density at radius 1 is 1.58 bits per heavy atom. The Morgan fingerprint density at radius 2 is 2.32 bits per heavy atom. The summed E-state index contributed by atoms with van der Waals surface area (Å²) in [6.45, 7) is 0.679. The summed E-state index contributed by atoms with van der Waals surface area (Å²) in [5.41, 5.74) is 0.555. The van der Waals surface area contributed by atoms with Crippen molar-refractivity contribution in [2.24, 2.45) is 0 Å². The van der Waals surface area contributed by atoms with Crippen molar-refractivity contribution in [3.05, 3.63) is 23.9 Å². The number of nitrogens with zero attached hydrogens (tertiary/aromatic N) is 2. The summed E-state index contributed by atoms with van der Waals surface area (Å²) in [7, 11) is 5.26. The van der Waals surface area contributed by atoms with E-state index in [1.165, 1.54) is 7.11 Å². The van der Waals surface area contributed by atoms with Gasteiger partial charge >= 0.3 is 0 Å². The van der Waals surface area contributed by atoms with Crippen molar-refractivity contribution in [2.45, 2.75) is 12.5 Å². The van der Waals surface area contributed by atoms with Crippen LogP contribution in [0.15, 0.2) is 18.3 Å². The second kappa shape index (κ2) is 7.70. The molecule has 19 heavy (non-hydrogen) atoms. The van der Waals surface area contributed by atoms with Gasteiger partial charge in [-0.05, 0) is 18.6 Å². The minimum absolute atomic E-state index is 0.171. The van der Waals surface area contributed by atoms with Gasteiger partial charge in [0.05, 0.1) is 12.7 Å². The number of anilines is 1. The van der Waals surface area contributed by atoms with Crippen LogP contribution in [0.5, 0.6) is 0 Å². The molecule has 106 valence electrons. The molecule has 6 heteroatoms. The first-order valence-corrected chi connectivity index (χ1v) is 6.13. The van der Waals surface area contributed by atoms with Crippen molar-refractivity contribution in [3.8, 4) is 0 Å². The molecule has 0 radical (unpaired) electrons. The molecular weight excluding hydrogens is 246 g/mol. The van der Waals surface area contributed by atoms with E-state index in [4.69, 9.17) is 4.74 Å². The van der Waals surface area contributed by atoms with Gasteiger partial charge in [-0.1, -0.05) is 0 Å². The minimum atomic E-state index is -0.555. The molecule has 1 aromatic rings. The van der Waals surface area contributed by atoms with Crippen molar-refractivity contribution < 1.29 is 14.6 Å². The van der Waals surface area contributed by atoms with Crippen LogP contribution in [0.2, 0.25) is 0 Å². The molecule has 1 amide bonds. The molecule has 0 aliphatic rings. The first kappa shape index (κ1) is 15.4. The molecule has 1 unspecified atom stereocenters. The number of hydrogen-bond donors (Lipinski definition) is 2. The molecule has 0 fully saturated rings. The van der Waals surface area contributed by atoms with E-state index in [-0.39, 0.29) is 12.5 Å². The number of hydrogen-bond acceptors (Lipinski definition) is 5. The van der Waals surface area contributed by atoms with Crippen LogP contribution in [0.25, 0.3) is 0 Å². The summed E-state index contributed by atoms with van der Waals surface area (Å²) in [5, 5.41) is 12.2. The van der Waals surface area contributed by atoms with Crippen LogP contribution in [0, 0.1) is 0 Å². The number of aromatic nitrogens is 1. The number of amides is 1. The van der Waals surface area contributed by atoms with Crippen LogP contribution in [0.3, 0.4) is 0 Å². The fourth-order valence-corrected chi connectivity index (χ4v) is 1.53. The van der Waals surface area contributed by atoms with E-state index in [2.05, 4.69) is 10.3 Å². The van der Waals surface area contributed by atoms with Crippen molar-refractivity contribution in [3.63, 3.8) is 0 Å². The van der Waals surface area contributed by atoms with Crippen molar-refractivity contribution in [1.29, 1.82) is 0 Å². The Balaban J connectivity index is 2.47. The SMILES string of the molecule is COCC(O)CCNC(=O)c1ccnc(N(C)C)c1. The van der Waals surface area contributed by atoms with E-state index >= 15 is 0 Å². The third-order valence-electron chi connectivity index (χ3n) is 2.59. The van der Waals surface area contributed by atoms with Gasteiger partial charge in [-0.25, -0.2) is 4.98 Å². The average Bonchev–Trinajstić information content (AvgIpc) is 2.39. The Bertz CT molecular complexity index is 410. The summed E-state index contributed by atoms with van der Waals surface area (Å²) in [6.07, 6.45) is 1.51. The van der Waals surface area contributed by atoms with Gasteiger partial charge < -0.3 is 20.1 Å². The van der Waals surface area contributed by atoms with Gasteiger partial charge in [-0.2, -0.15) is 0 Å². The minimum Gasteiger partial charge on any atom is -0.391 e. The number of rotatable bonds is 7. The Morgan fingerprint density at radius 3 is 2.95 bits per heavy atom. The molecule has 0 aromatic carbocycles. The van der Waals surface area contributed by atoms with Gasteiger partial charge in [0.2, 0.25) is 0 Å². The summed E-state index contributed by atoms with van der Waals surface area (Å²) < 4.78 is 4.81. The second-order valence-corrected chi connectivity index (χ2v) is 4.45. The number of carbonyl (C=O) groups excluding carboxylic acids is 1. The zero-order valence-electron chi connectivity index (χ0n) is 11.6. The molecule has 0 aliphatic carbocycles. The van der Waals surface area contributed by atoms with E-state index in [0.717, 1.165) is 5.82 Å². The highest BCUT2D eigenvalue weighted by atomic mass is 16.5. The third kappa shape index (κ3) is 5.23. The first-order valence-electron chi connectivity index (χ1n) is 6.13. The highest BCUT2D eigenvalue weighted by Gasteiger charge is 2.09. The standard InChI is InChI=1S/C13H21N3O3/c1-16(2)12-8-10(4-6-14-12)13(18)15-7-5-11(17)9-19-3/h4,6,8,11,17H,5,7,9H2,1-3H3,(H,15,18). The molecule has 0 spiro atoms. The molecule has 0 saturated carbocycles. The number of aliphatic hydroxyl groups is 1. The van der Waals surface area contributed by atoms with Crippen molar-refractivity contribution in [1.82, 2.24) is 10.3 Å². The van der Waals surface area contributed by atoms with E-state index in [0.29, 0.717) is 18.5 Å². The van der Waals surface area contributed by atoms with Gasteiger partial charge in [0, 0.05) is 39.5 Å². The van der Waals surface area contributed by atoms with Crippen LogP contribution in [0.4, 0.5) is 5.82 Å². The molecule has 2 N–H and O–H groups in total. The molecule has 0 aliphatic heterocycles. The summed E-state index contributed by atoms with van der Waals surface area (Å²) in [4.78, 5) is 17.9. The largest absolute Gasteiger partial charge is 0.391 e.